The molecule has 1 atom stereocenters. The molecular weight excluding hydrogens is 384 g/mol. The molecule has 0 spiro atoms. The van der Waals surface area contributed by atoms with Crippen molar-refractivity contribution in [3.63, 3.8) is 0 Å². The van der Waals surface area contributed by atoms with Crippen molar-refractivity contribution < 1.29 is 9.59 Å². The van der Waals surface area contributed by atoms with Gasteiger partial charge < -0.3 is 10.2 Å². The van der Waals surface area contributed by atoms with Crippen LogP contribution in [0.5, 0.6) is 0 Å². The van der Waals surface area contributed by atoms with Crippen molar-refractivity contribution in [2.45, 2.75) is 66.1 Å². The third-order valence-corrected chi connectivity index (χ3v) is 5.07. The molecule has 4 nitrogen and oxygen atoms in total. The van der Waals surface area contributed by atoms with Crippen molar-refractivity contribution in [2.75, 3.05) is 0 Å². The smallest absolute Gasteiger partial charge is 0.242 e. The minimum Gasteiger partial charge on any atom is -0.350 e. The minimum atomic E-state index is -0.604. The highest BCUT2D eigenvalue weighted by Gasteiger charge is 2.28. The molecule has 0 aliphatic rings. The summed E-state index contributed by atoms with van der Waals surface area (Å²) in [4.78, 5) is 27.6. The van der Waals surface area contributed by atoms with Gasteiger partial charge in [-0.05, 0) is 75.9 Å². The first-order valence-electron chi connectivity index (χ1n) is 9.88. The second-order valence-electron chi connectivity index (χ2n) is 8.66. The summed E-state index contributed by atoms with van der Waals surface area (Å²) in [6.45, 7) is 12.0. The predicted octanol–water partition coefficient (Wildman–Crippen LogP) is 4.83. The molecule has 0 saturated heterocycles. The monoisotopic (exact) mass is 414 g/mol. The Morgan fingerprint density at radius 1 is 1.03 bits per heavy atom. The van der Waals surface area contributed by atoms with E-state index in [-0.39, 0.29) is 23.8 Å². The van der Waals surface area contributed by atoms with Gasteiger partial charge in [-0.3, -0.25) is 9.59 Å². The predicted molar refractivity (Wildman–Crippen MR) is 119 cm³/mol. The molecule has 0 heterocycles. The molecular formula is C24H31ClN2O2. The van der Waals surface area contributed by atoms with E-state index in [0.717, 1.165) is 16.7 Å². The Hall–Kier alpha value is -2.33. The molecule has 0 radical (unpaired) electrons. The van der Waals surface area contributed by atoms with Crippen LogP contribution in [-0.2, 0) is 22.6 Å². The van der Waals surface area contributed by atoms with E-state index in [0.29, 0.717) is 11.6 Å². The summed E-state index contributed by atoms with van der Waals surface area (Å²) < 4.78 is 0. The van der Waals surface area contributed by atoms with Gasteiger partial charge in [0.2, 0.25) is 11.8 Å². The summed E-state index contributed by atoms with van der Waals surface area (Å²) in [7, 11) is 0. The maximum absolute atomic E-state index is 13.2. The average molecular weight is 415 g/mol. The maximum Gasteiger partial charge on any atom is 0.242 e. The number of halogens is 1. The second kappa shape index (κ2) is 9.45. The molecule has 0 aromatic heterocycles. The molecule has 0 fully saturated rings. The highest BCUT2D eigenvalue weighted by molar-refractivity contribution is 6.30. The number of hydrogen-bond donors (Lipinski definition) is 1. The second-order valence-corrected chi connectivity index (χ2v) is 9.10. The molecule has 0 aliphatic heterocycles. The van der Waals surface area contributed by atoms with E-state index in [9.17, 15) is 9.59 Å². The Bertz CT molecular complexity index is 887. The molecule has 0 unspecified atom stereocenters. The zero-order chi connectivity index (χ0) is 21.8. The fourth-order valence-electron chi connectivity index (χ4n) is 3.08. The lowest BCUT2D eigenvalue weighted by molar-refractivity contribution is -0.140. The number of amides is 2. The summed E-state index contributed by atoms with van der Waals surface area (Å²) in [6, 6.07) is 12.8. The van der Waals surface area contributed by atoms with Crippen LogP contribution in [0.2, 0.25) is 5.02 Å². The van der Waals surface area contributed by atoms with Gasteiger partial charge in [0.25, 0.3) is 0 Å². The van der Waals surface area contributed by atoms with Crippen LogP contribution in [0.4, 0.5) is 0 Å². The SMILES string of the molecule is Cc1ccc(CC(=O)N(Cc2cccc(Cl)c2)[C@@H](C)C(=O)NC(C)(C)C)cc1C. The van der Waals surface area contributed by atoms with Gasteiger partial charge in [0, 0.05) is 17.1 Å². The standard InChI is InChI=1S/C24H31ClN2O2/c1-16-10-11-19(12-17(16)2)14-22(28)27(15-20-8-7-9-21(25)13-20)18(3)23(29)26-24(4,5)6/h7-13,18H,14-15H2,1-6H3,(H,26,29)/t18-/m0/s1. The molecule has 0 bridgehead atoms. The number of carbonyl (C=O) groups is 2. The van der Waals surface area contributed by atoms with Gasteiger partial charge in [0.05, 0.1) is 6.42 Å². The Labute approximate surface area is 179 Å². The quantitative estimate of drug-likeness (QED) is 0.735. The van der Waals surface area contributed by atoms with Crippen LogP contribution in [0.1, 0.15) is 49.9 Å². The van der Waals surface area contributed by atoms with Crippen LogP contribution in [0, 0.1) is 13.8 Å². The Balaban J connectivity index is 2.27. The summed E-state index contributed by atoms with van der Waals surface area (Å²) in [5, 5.41) is 3.58. The molecule has 2 rings (SSSR count). The van der Waals surface area contributed by atoms with Crippen molar-refractivity contribution in [1.82, 2.24) is 10.2 Å². The first kappa shape index (κ1) is 23.0. The summed E-state index contributed by atoms with van der Waals surface area (Å²) in [6.07, 6.45) is 0.245. The number of hydrogen-bond acceptors (Lipinski definition) is 2. The molecule has 0 saturated carbocycles. The van der Waals surface area contributed by atoms with E-state index in [1.807, 2.05) is 71.0 Å². The lowest BCUT2D eigenvalue weighted by Gasteiger charge is -2.31. The first-order chi connectivity index (χ1) is 13.5. The highest BCUT2D eigenvalue weighted by Crippen LogP contribution is 2.17. The van der Waals surface area contributed by atoms with Crippen LogP contribution in [0.15, 0.2) is 42.5 Å². The molecule has 156 valence electrons. The first-order valence-corrected chi connectivity index (χ1v) is 10.3. The lowest BCUT2D eigenvalue weighted by atomic mass is 10.0. The summed E-state index contributed by atoms with van der Waals surface area (Å²) in [5.74, 6) is -0.266. The molecule has 2 aromatic rings. The summed E-state index contributed by atoms with van der Waals surface area (Å²) >= 11 is 6.12. The van der Waals surface area contributed by atoms with Crippen LogP contribution < -0.4 is 5.32 Å². The van der Waals surface area contributed by atoms with E-state index >= 15 is 0 Å². The van der Waals surface area contributed by atoms with Gasteiger partial charge in [0.1, 0.15) is 6.04 Å². The third-order valence-electron chi connectivity index (χ3n) is 4.83. The average Bonchev–Trinajstić information content (AvgIpc) is 2.60. The third kappa shape index (κ3) is 6.90. The van der Waals surface area contributed by atoms with Crippen LogP contribution in [0.25, 0.3) is 0 Å². The van der Waals surface area contributed by atoms with Crippen LogP contribution in [-0.4, -0.2) is 28.3 Å². The number of aryl methyl sites for hydroxylation is 2. The molecule has 29 heavy (non-hydrogen) atoms. The highest BCUT2D eigenvalue weighted by atomic mass is 35.5. The number of nitrogens with zero attached hydrogens (tertiary/aromatic N) is 1. The molecule has 0 aliphatic carbocycles. The normalized spacial score (nSPS) is 12.4. The van der Waals surface area contributed by atoms with E-state index in [2.05, 4.69) is 5.32 Å². The number of nitrogens with one attached hydrogen (secondary N) is 1. The van der Waals surface area contributed by atoms with Crippen molar-refractivity contribution in [3.05, 3.63) is 69.7 Å². The molecule has 1 N–H and O–H groups in total. The van der Waals surface area contributed by atoms with Crippen molar-refractivity contribution in [3.8, 4) is 0 Å². The zero-order valence-corrected chi connectivity index (χ0v) is 18.9. The van der Waals surface area contributed by atoms with Gasteiger partial charge in [-0.1, -0.05) is 41.9 Å². The number of benzene rings is 2. The fourth-order valence-corrected chi connectivity index (χ4v) is 3.29. The summed E-state index contributed by atoms with van der Waals surface area (Å²) in [5.41, 5.74) is 3.80. The lowest BCUT2D eigenvalue weighted by Crippen LogP contribution is -2.52. The zero-order valence-electron chi connectivity index (χ0n) is 18.2. The molecule has 5 heteroatoms. The van der Waals surface area contributed by atoms with E-state index in [4.69, 9.17) is 11.6 Å². The van der Waals surface area contributed by atoms with E-state index in [1.54, 1.807) is 17.9 Å². The van der Waals surface area contributed by atoms with Crippen LogP contribution in [0.3, 0.4) is 0 Å². The molecule has 2 aromatic carbocycles. The Morgan fingerprint density at radius 3 is 2.31 bits per heavy atom. The van der Waals surface area contributed by atoms with Gasteiger partial charge in [-0.25, -0.2) is 0 Å². The van der Waals surface area contributed by atoms with Gasteiger partial charge in [-0.15, -0.1) is 0 Å². The number of rotatable bonds is 6. The van der Waals surface area contributed by atoms with Gasteiger partial charge >= 0.3 is 0 Å². The van der Waals surface area contributed by atoms with Crippen molar-refractivity contribution in [2.24, 2.45) is 0 Å². The van der Waals surface area contributed by atoms with Crippen molar-refractivity contribution in [1.29, 1.82) is 0 Å². The fraction of sp³-hybridized carbons (Fsp3) is 0.417. The topological polar surface area (TPSA) is 49.4 Å². The Morgan fingerprint density at radius 2 is 1.72 bits per heavy atom. The largest absolute Gasteiger partial charge is 0.350 e. The van der Waals surface area contributed by atoms with E-state index in [1.165, 1.54) is 5.56 Å². The van der Waals surface area contributed by atoms with Crippen LogP contribution >= 0.6 is 11.6 Å². The Kier molecular flexibility index (Phi) is 7.48. The van der Waals surface area contributed by atoms with E-state index < -0.39 is 6.04 Å². The van der Waals surface area contributed by atoms with Crippen molar-refractivity contribution >= 4 is 23.4 Å². The number of carbonyl (C=O) groups excluding carboxylic acids is 2. The van der Waals surface area contributed by atoms with Gasteiger partial charge in [0.15, 0.2) is 0 Å². The molecule has 2 amide bonds. The van der Waals surface area contributed by atoms with Gasteiger partial charge in [-0.2, -0.15) is 0 Å². The maximum atomic E-state index is 13.2. The minimum absolute atomic E-state index is 0.0928.